The fraction of sp³-hybridized carbons (Fsp3) is 0.615. The predicted molar refractivity (Wildman–Crippen MR) is 133 cm³/mol. The maximum absolute atomic E-state index is 4.87. The van der Waals surface area contributed by atoms with E-state index >= 15 is 0 Å². The molecule has 1 aromatic carbocycles. The molecule has 1 unspecified atom stereocenters. The van der Waals surface area contributed by atoms with Gasteiger partial charge in [0.2, 0.25) is 5.95 Å². The molecule has 0 aliphatic carbocycles. The van der Waals surface area contributed by atoms with Crippen LogP contribution >= 0.6 is 0 Å². The summed E-state index contributed by atoms with van der Waals surface area (Å²) in [5.74, 6) is 1.86. The van der Waals surface area contributed by atoms with Gasteiger partial charge in [0.1, 0.15) is 5.82 Å². The average molecular weight is 435 g/mol. The van der Waals surface area contributed by atoms with Gasteiger partial charge in [-0.3, -0.25) is 4.90 Å². The number of benzene rings is 1. The van der Waals surface area contributed by atoms with Crippen LogP contribution in [0.1, 0.15) is 56.9 Å². The minimum Gasteiger partial charge on any atom is -0.372 e. The molecule has 6 heteroatoms. The van der Waals surface area contributed by atoms with Gasteiger partial charge < -0.3 is 15.1 Å². The fourth-order valence-corrected chi connectivity index (χ4v) is 5.44. The van der Waals surface area contributed by atoms with Crippen LogP contribution in [-0.4, -0.2) is 60.2 Å². The molecule has 1 aromatic heterocycles. The van der Waals surface area contributed by atoms with Gasteiger partial charge in [0.05, 0.1) is 0 Å². The van der Waals surface area contributed by atoms with Crippen molar-refractivity contribution in [1.82, 2.24) is 14.9 Å². The standard InChI is InChI=1S/C26H38N6/c1-2-4-19-32(18-3-1)25-13-14-27-26(29-25)28-23-8-7-15-30(21-23)20-22-9-11-24(12-10-22)31-16-5-6-17-31/h9-14,23H,1-8,15-21H2,(H,27,28,29). The molecule has 0 amide bonds. The lowest BCUT2D eigenvalue weighted by Gasteiger charge is -2.33. The van der Waals surface area contributed by atoms with Gasteiger partial charge in [-0.25, -0.2) is 4.98 Å². The number of piperidine rings is 1. The lowest BCUT2D eigenvalue weighted by Crippen LogP contribution is -2.42. The Morgan fingerprint density at radius 2 is 1.50 bits per heavy atom. The molecular weight excluding hydrogens is 396 g/mol. The maximum atomic E-state index is 4.87. The minimum absolute atomic E-state index is 0.409. The summed E-state index contributed by atoms with van der Waals surface area (Å²) in [6, 6.07) is 11.7. The zero-order valence-electron chi connectivity index (χ0n) is 19.4. The topological polar surface area (TPSA) is 47.5 Å². The van der Waals surface area contributed by atoms with E-state index in [1.165, 1.54) is 82.3 Å². The first-order chi connectivity index (χ1) is 15.8. The van der Waals surface area contributed by atoms with Crippen LogP contribution in [0.4, 0.5) is 17.5 Å². The van der Waals surface area contributed by atoms with E-state index in [0.717, 1.165) is 37.9 Å². The molecule has 4 heterocycles. The second-order valence-corrected chi connectivity index (χ2v) is 9.72. The number of rotatable bonds is 6. The zero-order chi connectivity index (χ0) is 21.6. The van der Waals surface area contributed by atoms with Gasteiger partial charge in [-0.1, -0.05) is 25.0 Å². The van der Waals surface area contributed by atoms with Gasteiger partial charge in [-0.05, 0) is 68.8 Å². The van der Waals surface area contributed by atoms with E-state index in [0.29, 0.717) is 6.04 Å². The molecule has 0 spiro atoms. The maximum Gasteiger partial charge on any atom is 0.224 e. The quantitative estimate of drug-likeness (QED) is 0.721. The van der Waals surface area contributed by atoms with Gasteiger partial charge in [0.15, 0.2) is 0 Å². The highest BCUT2D eigenvalue weighted by molar-refractivity contribution is 5.48. The van der Waals surface area contributed by atoms with Crippen molar-refractivity contribution in [2.75, 3.05) is 54.4 Å². The summed E-state index contributed by atoms with van der Waals surface area (Å²) < 4.78 is 0. The van der Waals surface area contributed by atoms with Crippen LogP contribution in [0.3, 0.4) is 0 Å². The van der Waals surface area contributed by atoms with E-state index in [2.05, 4.69) is 55.3 Å². The molecule has 32 heavy (non-hydrogen) atoms. The molecule has 5 rings (SSSR count). The Morgan fingerprint density at radius 1 is 0.781 bits per heavy atom. The van der Waals surface area contributed by atoms with Gasteiger partial charge in [0, 0.05) is 57.2 Å². The summed E-state index contributed by atoms with van der Waals surface area (Å²) in [6.07, 6.45) is 12.2. The normalized spacial score (nSPS) is 22.7. The highest BCUT2D eigenvalue weighted by atomic mass is 15.2. The van der Waals surface area contributed by atoms with Gasteiger partial charge in [-0.15, -0.1) is 0 Å². The Balaban J connectivity index is 1.16. The molecule has 0 radical (unpaired) electrons. The smallest absolute Gasteiger partial charge is 0.224 e. The van der Waals surface area contributed by atoms with Crippen molar-refractivity contribution >= 4 is 17.5 Å². The van der Waals surface area contributed by atoms with Gasteiger partial charge >= 0.3 is 0 Å². The van der Waals surface area contributed by atoms with E-state index < -0.39 is 0 Å². The molecule has 6 nitrogen and oxygen atoms in total. The first-order valence-corrected chi connectivity index (χ1v) is 12.7. The summed E-state index contributed by atoms with van der Waals surface area (Å²) in [7, 11) is 0. The second-order valence-electron chi connectivity index (χ2n) is 9.72. The predicted octanol–water partition coefficient (Wildman–Crippen LogP) is 4.53. The highest BCUT2D eigenvalue weighted by Gasteiger charge is 2.21. The van der Waals surface area contributed by atoms with Crippen LogP contribution in [0.5, 0.6) is 0 Å². The Kier molecular flexibility index (Phi) is 7.07. The largest absolute Gasteiger partial charge is 0.372 e. The van der Waals surface area contributed by atoms with Crippen LogP contribution in [0.15, 0.2) is 36.5 Å². The van der Waals surface area contributed by atoms with Crippen LogP contribution in [-0.2, 0) is 6.54 Å². The molecule has 172 valence electrons. The molecule has 3 fully saturated rings. The number of nitrogens with zero attached hydrogens (tertiary/aromatic N) is 5. The number of hydrogen-bond acceptors (Lipinski definition) is 6. The van der Waals surface area contributed by atoms with E-state index in [9.17, 15) is 0 Å². The van der Waals surface area contributed by atoms with Crippen LogP contribution in [0.2, 0.25) is 0 Å². The third-order valence-electron chi connectivity index (χ3n) is 7.22. The first kappa shape index (κ1) is 21.5. The van der Waals surface area contributed by atoms with Crippen LogP contribution in [0.25, 0.3) is 0 Å². The summed E-state index contributed by atoms with van der Waals surface area (Å²) in [4.78, 5) is 16.9. The lowest BCUT2D eigenvalue weighted by atomic mass is 10.0. The number of likely N-dealkylation sites (tertiary alicyclic amines) is 1. The van der Waals surface area contributed by atoms with Crippen LogP contribution < -0.4 is 15.1 Å². The second kappa shape index (κ2) is 10.5. The van der Waals surface area contributed by atoms with Crippen molar-refractivity contribution in [3.05, 3.63) is 42.1 Å². The molecule has 0 saturated carbocycles. The van der Waals surface area contributed by atoms with Crippen molar-refractivity contribution in [2.45, 2.75) is 64.0 Å². The molecule has 3 aliphatic heterocycles. The van der Waals surface area contributed by atoms with E-state index in [-0.39, 0.29) is 0 Å². The molecule has 0 bridgehead atoms. The number of hydrogen-bond donors (Lipinski definition) is 1. The van der Waals surface area contributed by atoms with E-state index in [1.54, 1.807) is 0 Å². The Hall–Kier alpha value is -2.34. The lowest BCUT2D eigenvalue weighted by molar-refractivity contribution is 0.208. The third-order valence-corrected chi connectivity index (χ3v) is 7.22. The average Bonchev–Trinajstić information content (AvgIpc) is 3.22. The Morgan fingerprint density at radius 3 is 2.28 bits per heavy atom. The molecule has 1 N–H and O–H groups in total. The van der Waals surface area contributed by atoms with Crippen molar-refractivity contribution in [2.24, 2.45) is 0 Å². The zero-order valence-corrected chi connectivity index (χ0v) is 19.4. The van der Waals surface area contributed by atoms with Gasteiger partial charge in [-0.2, -0.15) is 4.98 Å². The number of aromatic nitrogens is 2. The van der Waals surface area contributed by atoms with Crippen molar-refractivity contribution < 1.29 is 0 Å². The van der Waals surface area contributed by atoms with E-state index in [4.69, 9.17) is 4.98 Å². The monoisotopic (exact) mass is 434 g/mol. The van der Waals surface area contributed by atoms with Crippen molar-refractivity contribution in [1.29, 1.82) is 0 Å². The third kappa shape index (κ3) is 5.52. The van der Waals surface area contributed by atoms with Crippen LogP contribution in [0, 0.1) is 0 Å². The fourth-order valence-electron chi connectivity index (χ4n) is 5.44. The van der Waals surface area contributed by atoms with E-state index in [1.807, 2.05) is 6.20 Å². The molecule has 2 aromatic rings. The SMILES string of the molecule is c1cc(N2CCCCCC2)nc(NC2CCCN(Cc3ccc(N4CCCC4)cc3)C2)n1. The van der Waals surface area contributed by atoms with Crippen molar-refractivity contribution in [3.63, 3.8) is 0 Å². The molecule has 3 saturated heterocycles. The summed E-state index contributed by atoms with van der Waals surface area (Å²) in [5, 5.41) is 3.64. The molecule has 3 aliphatic rings. The Bertz CT molecular complexity index is 840. The van der Waals surface area contributed by atoms with Gasteiger partial charge in [0.25, 0.3) is 0 Å². The minimum atomic E-state index is 0.409. The number of anilines is 3. The Labute approximate surface area is 193 Å². The number of nitrogens with one attached hydrogen (secondary N) is 1. The van der Waals surface area contributed by atoms with Crippen molar-refractivity contribution in [3.8, 4) is 0 Å². The molecule has 1 atom stereocenters. The summed E-state index contributed by atoms with van der Waals surface area (Å²) in [6.45, 7) is 7.88. The summed E-state index contributed by atoms with van der Waals surface area (Å²) in [5.41, 5.74) is 2.79. The summed E-state index contributed by atoms with van der Waals surface area (Å²) >= 11 is 0. The molecular formula is C26H38N6. The highest BCUT2D eigenvalue weighted by Crippen LogP contribution is 2.23. The first-order valence-electron chi connectivity index (χ1n) is 12.7.